The van der Waals surface area contributed by atoms with Gasteiger partial charge in [0.2, 0.25) is 30.1 Å². The molecule has 4 aromatic carbocycles. The number of nitrogens with zero attached hydrogens (tertiary/aromatic N) is 13. The number of nitrogens with one attached hydrogen (secondary N) is 4. The van der Waals surface area contributed by atoms with Crippen molar-refractivity contribution in [2.24, 2.45) is 20.0 Å². The molecule has 0 bridgehead atoms. The number of amides is 1. The van der Waals surface area contributed by atoms with Gasteiger partial charge in [0.05, 0.1) is 92.2 Å². The van der Waals surface area contributed by atoms with E-state index in [-0.39, 0.29) is 93.1 Å². The molecule has 128 heavy (non-hydrogen) atoms. The molecular formula is C80H79Cl4F4N17O16S7. The molecular weight excluding hydrogens is 1900 g/mol. The van der Waals surface area contributed by atoms with Crippen molar-refractivity contribution < 1.29 is 90.5 Å². The number of thiazole rings is 4. The normalized spacial score (nSPS) is 20.7. The fourth-order valence-corrected chi connectivity index (χ4v) is 21.9. The molecule has 12 heterocycles. The number of halogens is 8. The SMILES string of the molecule is COC(=O)C1=C2C[C@H](NS(=O)(=O)CCN(C)C)CN2C(c2nccs2)=N[C@H]1c1ccc(F)cc1Cl.COC(=O)C1=C2C[C@H](NS(C)(=O)=O)CN2C(c2nccs2)=N[C@H]1c1ccc(F)c(Cl)c1.COC(=O)C1=C2C[C@H](NS(C)(=O)=O)CN2C(c2nccs2)=N[C@H]1c1cccc(F)c1Cl.COC(=O)N[C@H]1CC2=C(C(=O)OC)[C@H](c3ccc(F)cc3Cl)N=C(c3nccs3)N2C1. The van der Waals surface area contributed by atoms with Crippen molar-refractivity contribution >= 4 is 175 Å². The lowest BCUT2D eigenvalue weighted by atomic mass is 9.94. The molecule has 4 aromatic heterocycles. The molecule has 0 spiro atoms. The van der Waals surface area contributed by atoms with E-state index in [2.05, 4.69) is 39.4 Å². The first-order valence-corrected chi connectivity index (χ1v) is 48.8. The Morgan fingerprint density at radius 3 is 1.15 bits per heavy atom. The van der Waals surface area contributed by atoms with Gasteiger partial charge in [-0.05, 0) is 62.1 Å². The van der Waals surface area contributed by atoms with Crippen molar-refractivity contribution in [2.45, 2.75) is 74.0 Å². The highest BCUT2D eigenvalue weighted by Gasteiger charge is 2.49. The lowest BCUT2D eigenvalue weighted by Crippen LogP contribution is -2.41. The van der Waals surface area contributed by atoms with Crippen LogP contribution in [0.2, 0.25) is 20.1 Å². The van der Waals surface area contributed by atoms with Gasteiger partial charge >= 0.3 is 30.0 Å². The van der Waals surface area contributed by atoms with E-state index in [4.69, 9.17) is 90.1 Å². The van der Waals surface area contributed by atoms with Crippen LogP contribution < -0.4 is 19.5 Å². The Morgan fingerprint density at radius 1 is 0.445 bits per heavy atom. The van der Waals surface area contributed by atoms with Gasteiger partial charge in [-0.3, -0.25) is 20.0 Å². The Morgan fingerprint density at radius 2 is 0.805 bits per heavy atom. The van der Waals surface area contributed by atoms with Gasteiger partial charge in [0.15, 0.2) is 43.4 Å². The van der Waals surface area contributed by atoms with Crippen LogP contribution in [0.1, 0.15) is 92.1 Å². The number of benzene rings is 4. The van der Waals surface area contributed by atoms with Crippen molar-refractivity contribution in [3.05, 3.63) is 250 Å². The van der Waals surface area contributed by atoms with Gasteiger partial charge in [0.25, 0.3) is 0 Å². The Hall–Kier alpha value is -10.0. The monoisotopic (exact) mass is 1970 g/mol. The van der Waals surface area contributed by atoms with Crippen LogP contribution in [0, 0.1) is 23.3 Å². The van der Waals surface area contributed by atoms with Crippen LogP contribution in [0.3, 0.4) is 0 Å². The quantitative estimate of drug-likeness (QED) is 0.0278. The summed E-state index contributed by atoms with van der Waals surface area (Å²) < 4.78 is 161. The van der Waals surface area contributed by atoms with Gasteiger partial charge in [-0.25, -0.2) is 101 Å². The summed E-state index contributed by atoms with van der Waals surface area (Å²) in [5, 5.41) is 12.4. The Balaban J connectivity index is 0.000000146. The summed E-state index contributed by atoms with van der Waals surface area (Å²) in [6.07, 6.45) is 9.20. The summed E-state index contributed by atoms with van der Waals surface area (Å²) in [4.78, 5) is 109. The zero-order valence-corrected chi connectivity index (χ0v) is 77.7. The number of amidine groups is 4. The molecule has 1 amide bonds. The zero-order valence-electron chi connectivity index (χ0n) is 69.0. The molecule has 0 radical (unpaired) electrons. The molecule has 0 unspecified atom stereocenters. The number of hydrogen-bond acceptors (Lipinski definition) is 33. The molecule has 33 nitrogen and oxygen atoms in total. The third-order valence-corrected chi connectivity index (χ3v) is 28.0. The minimum Gasteiger partial charge on any atom is -0.466 e. The molecule has 4 fully saturated rings. The summed E-state index contributed by atoms with van der Waals surface area (Å²) in [5.41, 5.74) is 5.01. The number of rotatable bonds is 22. The molecule has 4 N–H and O–H groups in total. The van der Waals surface area contributed by atoms with Crippen LogP contribution in [0.25, 0.3) is 0 Å². The predicted molar refractivity (Wildman–Crippen MR) is 475 cm³/mol. The molecule has 48 heteroatoms. The van der Waals surface area contributed by atoms with E-state index in [0.717, 1.165) is 18.6 Å². The van der Waals surface area contributed by atoms with E-state index in [0.29, 0.717) is 108 Å². The second-order valence-corrected chi connectivity index (χ2v) is 40.1. The molecule has 678 valence electrons. The molecule has 8 aliphatic rings. The van der Waals surface area contributed by atoms with Crippen molar-refractivity contribution in [3.8, 4) is 0 Å². The summed E-state index contributed by atoms with van der Waals surface area (Å²) in [7, 11) is -0.584. The number of hydrogen-bond donors (Lipinski definition) is 4. The summed E-state index contributed by atoms with van der Waals surface area (Å²) in [6, 6.07) is 11.1. The van der Waals surface area contributed by atoms with E-state index in [1.165, 1.54) is 142 Å². The standard InChI is InChI=1S/C22H25ClFN5O4S2.C20H18ClFN4O4S.2C19H18ClFN4O4S2/c1-28(2)7-9-35(31,32)27-14-11-17-18(22(30)33-3)19(15-5-4-13(24)10-16(15)23)26-20(29(17)12-14)21-25-6-8-34-21;1-29-19(27)15-14-8-11(24-20(28)30-2)9-26(14)17(18-23-5-6-31-18)25-16(15)12-4-3-10(22)7-13(12)21;1-29-19(26)15-14-8-11(24-31(2,27)28)9-25(14)17(18-22-5-6-30-18)23-16(15)10-3-4-13(21)12(20)7-10;1-29-19(26)14-13-8-10(24-31(2,27)28)9-25(13)17(18-22-6-7-30-18)23-16(14)11-4-3-5-12(21)15(11)20/h4-6,8,10,14,19,27H,7,9,11-12H2,1-3H3;3-7,11,16H,8-9H2,1-2H3,(H,24,28);3-7,11,16,24H,8-9H2,1-2H3;3-7,10,16,24H,8-9H2,1-2H3/t14-,19-;2*11-,16-;10-,16-/m0000/s1. The minimum absolute atomic E-state index is 0.0549. The van der Waals surface area contributed by atoms with Gasteiger partial charge in [-0.2, -0.15) is 0 Å². The summed E-state index contributed by atoms with van der Waals surface area (Å²) in [6.45, 7) is 1.54. The number of fused-ring (bicyclic) bond motifs is 4. The van der Waals surface area contributed by atoms with Gasteiger partial charge in [0.1, 0.15) is 47.4 Å². The van der Waals surface area contributed by atoms with Crippen LogP contribution in [0.4, 0.5) is 22.4 Å². The first kappa shape index (κ1) is 95.5. The zero-order chi connectivity index (χ0) is 92.1. The third kappa shape index (κ3) is 21.7. The highest BCUT2D eigenvalue weighted by Crippen LogP contribution is 2.48. The highest BCUT2D eigenvalue weighted by atomic mass is 35.5. The number of methoxy groups -OCH3 is 5. The number of alkyl carbamates (subject to hydrolysis) is 1. The largest absolute Gasteiger partial charge is 0.466 e. The Bertz CT molecular complexity index is 6250. The summed E-state index contributed by atoms with van der Waals surface area (Å²) in [5.74, 6) is -2.74. The number of aromatic nitrogens is 4. The lowest BCUT2D eigenvalue weighted by molar-refractivity contribution is -0.137. The van der Waals surface area contributed by atoms with Crippen LogP contribution in [-0.2, 0) is 72.9 Å². The van der Waals surface area contributed by atoms with Crippen LogP contribution in [0.15, 0.2) is 184 Å². The Labute approximate surface area is 768 Å². The third-order valence-electron chi connectivity index (χ3n) is 20.6. The number of sulfonamides is 3. The number of aliphatic imine (C=N–C) groups is 4. The molecule has 4 saturated heterocycles. The maximum atomic E-state index is 14.2. The fraction of sp³-hybridized carbons (Fsp3) is 0.338. The average Bonchev–Trinajstić information content (AvgIpc) is 1.58. The van der Waals surface area contributed by atoms with E-state index < -0.39 is 126 Å². The highest BCUT2D eigenvalue weighted by molar-refractivity contribution is 7.89. The van der Waals surface area contributed by atoms with Gasteiger partial charge in [-0.1, -0.05) is 76.7 Å². The van der Waals surface area contributed by atoms with Gasteiger partial charge in [-0.15, -0.1) is 45.3 Å². The Kier molecular flexibility index (Phi) is 30.3. The van der Waals surface area contributed by atoms with E-state index >= 15 is 0 Å². The second-order valence-electron chi connectivity index (χ2n) is 29.5. The minimum atomic E-state index is -3.57. The molecule has 16 rings (SSSR count). The molecule has 0 aliphatic carbocycles. The first-order valence-electron chi connectivity index (χ1n) is 38.4. The maximum absolute atomic E-state index is 14.2. The predicted octanol–water partition coefficient (Wildman–Crippen LogP) is 10.7. The van der Waals surface area contributed by atoms with E-state index in [9.17, 15) is 66.8 Å². The van der Waals surface area contributed by atoms with Crippen LogP contribution >= 0.6 is 91.8 Å². The average molecular weight is 1980 g/mol. The first-order chi connectivity index (χ1) is 60.9. The van der Waals surface area contributed by atoms with Crippen LogP contribution in [-0.4, -0.2) is 248 Å². The number of carbonyl (C=O) groups is 5. The van der Waals surface area contributed by atoms with Crippen molar-refractivity contribution in [2.75, 3.05) is 101 Å². The summed E-state index contributed by atoms with van der Waals surface area (Å²) >= 11 is 30.4. The molecule has 8 atom stereocenters. The molecule has 8 aliphatic heterocycles. The van der Waals surface area contributed by atoms with Gasteiger partial charge < -0.3 is 53.5 Å². The number of ether oxygens (including phenoxy) is 5. The lowest BCUT2D eigenvalue weighted by Gasteiger charge is -2.31. The smallest absolute Gasteiger partial charge is 0.407 e. The van der Waals surface area contributed by atoms with Crippen molar-refractivity contribution in [3.63, 3.8) is 0 Å². The second kappa shape index (κ2) is 40.5. The van der Waals surface area contributed by atoms with E-state index in [1.54, 1.807) is 80.7 Å². The van der Waals surface area contributed by atoms with Crippen molar-refractivity contribution in [1.29, 1.82) is 0 Å². The maximum Gasteiger partial charge on any atom is 0.407 e. The number of carbonyl (C=O) groups excluding carboxylic acids is 5. The fourth-order valence-electron chi connectivity index (χ4n) is 15.4. The van der Waals surface area contributed by atoms with Crippen molar-refractivity contribution in [1.82, 2.24) is 63.9 Å². The number of esters is 4. The van der Waals surface area contributed by atoms with E-state index in [1.807, 2.05) is 10.3 Å². The molecule has 8 aromatic rings. The molecule has 0 saturated carbocycles. The van der Waals surface area contributed by atoms with Crippen LogP contribution in [0.5, 0.6) is 0 Å². The topological polar surface area (TPSA) is 399 Å². The van der Waals surface area contributed by atoms with Gasteiger partial charge in [0, 0.05) is 172 Å².